The summed E-state index contributed by atoms with van der Waals surface area (Å²) in [6.07, 6.45) is 2.17. The van der Waals surface area contributed by atoms with E-state index in [9.17, 15) is 4.79 Å². The van der Waals surface area contributed by atoms with Gasteiger partial charge in [-0.3, -0.25) is 0 Å². The summed E-state index contributed by atoms with van der Waals surface area (Å²) in [6, 6.07) is 5.86. The lowest BCUT2D eigenvalue weighted by Crippen LogP contribution is -2.44. The van der Waals surface area contributed by atoms with Crippen molar-refractivity contribution in [3.63, 3.8) is 0 Å². The number of benzene rings is 1. The van der Waals surface area contributed by atoms with Crippen molar-refractivity contribution in [1.29, 1.82) is 0 Å². The fourth-order valence-corrected chi connectivity index (χ4v) is 2.87. The van der Waals surface area contributed by atoms with Crippen LogP contribution in [-0.4, -0.2) is 48.8 Å². The van der Waals surface area contributed by atoms with Crippen LogP contribution < -0.4 is 10.6 Å². The predicted octanol–water partition coefficient (Wildman–Crippen LogP) is 2.55. The van der Waals surface area contributed by atoms with Crippen LogP contribution in [-0.2, 0) is 4.74 Å². The summed E-state index contributed by atoms with van der Waals surface area (Å²) in [5.41, 5.74) is 2.40. The number of aryl methyl sites for hydroxylation is 1. The van der Waals surface area contributed by atoms with E-state index in [1.54, 1.807) is 19.1 Å². The number of piperidine rings is 1. The van der Waals surface area contributed by atoms with Crippen LogP contribution >= 0.6 is 12.2 Å². The number of anilines is 1. The zero-order chi connectivity index (χ0) is 16.8. The standard InChI is InChI=1S/C17H25N3O2S/c1-4-22-16(21)13-6-5-12(2)15(11-13)19-17(23)18-14-7-9-20(3)10-8-14/h5-6,11,14H,4,7-10H2,1-3H3,(H2,18,19,23). The highest BCUT2D eigenvalue weighted by Crippen LogP contribution is 2.18. The van der Waals surface area contributed by atoms with Crippen molar-refractivity contribution in [3.8, 4) is 0 Å². The van der Waals surface area contributed by atoms with Crippen LogP contribution in [0.15, 0.2) is 18.2 Å². The van der Waals surface area contributed by atoms with Gasteiger partial charge in [0.05, 0.1) is 12.2 Å². The molecule has 1 heterocycles. The highest BCUT2D eigenvalue weighted by atomic mass is 32.1. The third kappa shape index (κ3) is 5.18. The number of hydrogen-bond acceptors (Lipinski definition) is 4. The fourth-order valence-electron chi connectivity index (χ4n) is 2.59. The second-order valence-corrected chi connectivity index (χ2v) is 6.33. The van der Waals surface area contributed by atoms with Gasteiger partial charge in [-0.25, -0.2) is 4.79 Å². The quantitative estimate of drug-likeness (QED) is 0.651. The summed E-state index contributed by atoms with van der Waals surface area (Å²) in [4.78, 5) is 14.2. The van der Waals surface area contributed by atoms with Crippen LogP contribution in [0.4, 0.5) is 5.69 Å². The van der Waals surface area contributed by atoms with E-state index in [1.165, 1.54) is 0 Å². The van der Waals surface area contributed by atoms with Gasteiger partial charge in [0.25, 0.3) is 0 Å². The van der Waals surface area contributed by atoms with Gasteiger partial charge in [-0.1, -0.05) is 6.07 Å². The molecule has 6 heteroatoms. The number of rotatable bonds is 4. The minimum absolute atomic E-state index is 0.315. The van der Waals surface area contributed by atoms with Crippen molar-refractivity contribution in [2.45, 2.75) is 32.7 Å². The second kappa shape index (κ2) is 8.26. The molecule has 0 bridgehead atoms. The zero-order valence-electron chi connectivity index (χ0n) is 14.0. The Kier molecular flexibility index (Phi) is 6.36. The van der Waals surface area contributed by atoms with Gasteiger partial charge in [0.1, 0.15) is 0 Å². The Morgan fingerprint density at radius 3 is 2.74 bits per heavy atom. The van der Waals surface area contributed by atoms with Crippen LogP contribution in [0, 0.1) is 6.92 Å². The molecule has 0 atom stereocenters. The van der Waals surface area contributed by atoms with E-state index in [4.69, 9.17) is 17.0 Å². The van der Waals surface area contributed by atoms with E-state index >= 15 is 0 Å². The highest BCUT2D eigenvalue weighted by molar-refractivity contribution is 7.80. The monoisotopic (exact) mass is 335 g/mol. The number of nitrogens with zero attached hydrogens (tertiary/aromatic N) is 1. The van der Waals surface area contributed by atoms with Gasteiger partial charge in [-0.2, -0.15) is 0 Å². The van der Waals surface area contributed by atoms with Gasteiger partial charge in [-0.15, -0.1) is 0 Å². The van der Waals surface area contributed by atoms with Crippen molar-refractivity contribution in [3.05, 3.63) is 29.3 Å². The zero-order valence-corrected chi connectivity index (χ0v) is 14.8. The molecule has 0 spiro atoms. The number of esters is 1. The number of carbonyl (C=O) groups excluding carboxylic acids is 1. The first kappa shape index (κ1) is 17.7. The van der Waals surface area contributed by atoms with Crippen molar-refractivity contribution < 1.29 is 9.53 Å². The first-order chi connectivity index (χ1) is 11.0. The molecular weight excluding hydrogens is 310 g/mol. The summed E-state index contributed by atoms with van der Waals surface area (Å²) < 4.78 is 5.04. The Morgan fingerprint density at radius 1 is 1.39 bits per heavy atom. The van der Waals surface area contributed by atoms with E-state index in [2.05, 4.69) is 22.6 Å². The number of thiocarbonyl (C=S) groups is 1. The van der Waals surface area contributed by atoms with Crippen molar-refractivity contribution in [2.75, 3.05) is 32.1 Å². The molecule has 0 radical (unpaired) electrons. The molecule has 1 aliphatic heterocycles. The lowest BCUT2D eigenvalue weighted by atomic mass is 10.1. The summed E-state index contributed by atoms with van der Waals surface area (Å²) in [5, 5.41) is 7.17. The number of hydrogen-bond donors (Lipinski definition) is 2. The smallest absolute Gasteiger partial charge is 0.338 e. The van der Waals surface area contributed by atoms with E-state index in [0.717, 1.165) is 37.2 Å². The third-order valence-electron chi connectivity index (χ3n) is 4.05. The van der Waals surface area contributed by atoms with Crippen molar-refractivity contribution in [1.82, 2.24) is 10.2 Å². The summed E-state index contributed by atoms with van der Waals surface area (Å²) in [6.45, 7) is 6.31. The van der Waals surface area contributed by atoms with Gasteiger partial charge in [0, 0.05) is 11.7 Å². The second-order valence-electron chi connectivity index (χ2n) is 5.93. The van der Waals surface area contributed by atoms with E-state index in [0.29, 0.717) is 23.3 Å². The molecular formula is C17H25N3O2S. The molecule has 1 aliphatic rings. The van der Waals surface area contributed by atoms with Crippen LogP contribution in [0.25, 0.3) is 0 Å². The molecule has 1 fully saturated rings. The maximum atomic E-state index is 11.8. The van der Waals surface area contributed by atoms with Crippen LogP contribution in [0.3, 0.4) is 0 Å². The average molecular weight is 335 g/mol. The summed E-state index contributed by atoms with van der Waals surface area (Å²) in [7, 11) is 2.14. The molecule has 0 amide bonds. The molecule has 5 nitrogen and oxygen atoms in total. The van der Waals surface area contributed by atoms with Gasteiger partial charge in [-0.05, 0) is 76.7 Å². The largest absolute Gasteiger partial charge is 0.462 e. The van der Waals surface area contributed by atoms with E-state index in [1.807, 2.05) is 13.0 Å². The molecule has 0 saturated carbocycles. The van der Waals surface area contributed by atoms with E-state index in [-0.39, 0.29) is 5.97 Å². The molecule has 2 rings (SSSR count). The van der Waals surface area contributed by atoms with Crippen LogP contribution in [0.2, 0.25) is 0 Å². The van der Waals surface area contributed by atoms with Gasteiger partial charge in [0.2, 0.25) is 0 Å². The molecule has 2 N–H and O–H groups in total. The van der Waals surface area contributed by atoms with Crippen LogP contribution in [0.5, 0.6) is 0 Å². The maximum Gasteiger partial charge on any atom is 0.338 e. The summed E-state index contributed by atoms with van der Waals surface area (Å²) in [5.74, 6) is -0.315. The van der Waals surface area contributed by atoms with Crippen molar-refractivity contribution in [2.24, 2.45) is 0 Å². The Bertz CT molecular complexity index is 569. The lowest BCUT2D eigenvalue weighted by Gasteiger charge is -2.30. The van der Waals surface area contributed by atoms with E-state index < -0.39 is 0 Å². The third-order valence-corrected chi connectivity index (χ3v) is 4.27. The normalized spacial score (nSPS) is 16.0. The molecule has 0 aliphatic carbocycles. The maximum absolute atomic E-state index is 11.8. The first-order valence-corrected chi connectivity index (χ1v) is 8.44. The Morgan fingerprint density at radius 2 is 2.09 bits per heavy atom. The Labute approximate surface area is 143 Å². The van der Waals surface area contributed by atoms with Gasteiger partial charge in [0.15, 0.2) is 5.11 Å². The lowest BCUT2D eigenvalue weighted by molar-refractivity contribution is 0.0526. The first-order valence-electron chi connectivity index (χ1n) is 8.03. The van der Waals surface area contributed by atoms with Crippen molar-refractivity contribution >= 4 is 29.0 Å². The number of nitrogens with one attached hydrogen (secondary N) is 2. The minimum Gasteiger partial charge on any atom is -0.462 e. The van der Waals surface area contributed by atoms with Gasteiger partial charge >= 0.3 is 5.97 Å². The average Bonchev–Trinajstić information content (AvgIpc) is 2.52. The molecule has 1 aromatic rings. The predicted molar refractivity (Wildman–Crippen MR) is 97.0 cm³/mol. The molecule has 1 saturated heterocycles. The van der Waals surface area contributed by atoms with Crippen LogP contribution in [0.1, 0.15) is 35.7 Å². The summed E-state index contributed by atoms with van der Waals surface area (Å²) >= 11 is 5.41. The Hall–Kier alpha value is -1.66. The van der Waals surface area contributed by atoms with Gasteiger partial charge < -0.3 is 20.3 Å². The number of likely N-dealkylation sites (tertiary alicyclic amines) is 1. The number of ether oxygens (including phenoxy) is 1. The topological polar surface area (TPSA) is 53.6 Å². The fraction of sp³-hybridized carbons (Fsp3) is 0.529. The molecule has 23 heavy (non-hydrogen) atoms. The SMILES string of the molecule is CCOC(=O)c1ccc(C)c(NC(=S)NC2CCN(C)CC2)c1. The molecule has 1 aromatic carbocycles. The molecule has 0 aromatic heterocycles. The minimum atomic E-state index is -0.315. The Balaban J connectivity index is 1.97. The highest BCUT2D eigenvalue weighted by Gasteiger charge is 2.17. The number of carbonyl (C=O) groups is 1. The molecule has 126 valence electrons. The molecule has 0 unspecified atom stereocenters.